The molecule has 6 heteroatoms. The van der Waals surface area contributed by atoms with Crippen molar-refractivity contribution in [1.82, 2.24) is 5.32 Å². The zero-order valence-corrected chi connectivity index (χ0v) is 11.6. The Hall–Kier alpha value is -1.14. The Morgan fingerprint density at radius 1 is 1.32 bits per heavy atom. The van der Waals surface area contributed by atoms with Crippen LogP contribution in [0, 0.1) is 5.92 Å². The second-order valence-corrected chi connectivity index (χ2v) is 5.05. The lowest BCUT2D eigenvalue weighted by Gasteiger charge is -2.26. The Bertz CT molecular complexity index is 299. The van der Waals surface area contributed by atoms with Gasteiger partial charge in [-0.05, 0) is 32.6 Å². The zero-order valence-electron chi connectivity index (χ0n) is 11.6. The fourth-order valence-corrected chi connectivity index (χ4v) is 2.28. The maximum Gasteiger partial charge on any atom is 0.306 e. The van der Waals surface area contributed by atoms with Crippen LogP contribution in [0.2, 0.25) is 0 Å². The van der Waals surface area contributed by atoms with Gasteiger partial charge in [0.1, 0.15) is 6.61 Å². The summed E-state index contributed by atoms with van der Waals surface area (Å²) >= 11 is 0. The fourth-order valence-electron chi connectivity index (χ4n) is 2.28. The molecule has 6 nitrogen and oxygen atoms in total. The van der Waals surface area contributed by atoms with Crippen molar-refractivity contribution >= 4 is 11.9 Å². The molecule has 1 saturated carbocycles. The molecule has 1 rings (SSSR count). The van der Waals surface area contributed by atoms with Crippen molar-refractivity contribution in [3.05, 3.63) is 0 Å². The highest BCUT2D eigenvalue weighted by atomic mass is 16.5. The lowest BCUT2D eigenvalue weighted by molar-refractivity contribution is -0.144. The second-order valence-electron chi connectivity index (χ2n) is 5.05. The number of carbonyl (C=O) groups excluding carboxylic acids is 1. The van der Waals surface area contributed by atoms with Crippen LogP contribution in [-0.4, -0.2) is 49.5 Å². The third-order valence-electron chi connectivity index (χ3n) is 3.30. The molecular formula is C13H23NO5. The highest BCUT2D eigenvalue weighted by molar-refractivity contribution is 5.77. The van der Waals surface area contributed by atoms with Crippen LogP contribution in [0.15, 0.2) is 0 Å². The van der Waals surface area contributed by atoms with E-state index in [2.05, 4.69) is 5.32 Å². The number of carboxylic acid groups (broad SMARTS) is 1. The van der Waals surface area contributed by atoms with Crippen LogP contribution in [0.3, 0.4) is 0 Å². The molecule has 1 unspecified atom stereocenters. The first-order chi connectivity index (χ1) is 9.02. The van der Waals surface area contributed by atoms with Crippen molar-refractivity contribution in [2.75, 3.05) is 20.3 Å². The van der Waals surface area contributed by atoms with Gasteiger partial charge in [-0.2, -0.15) is 0 Å². The average molecular weight is 273 g/mol. The number of hydrogen-bond acceptors (Lipinski definition) is 4. The van der Waals surface area contributed by atoms with E-state index in [0.29, 0.717) is 32.3 Å². The molecule has 0 aromatic rings. The van der Waals surface area contributed by atoms with Gasteiger partial charge in [0.25, 0.3) is 0 Å². The van der Waals surface area contributed by atoms with Crippen molar-refractivity contribution in [1.29, 1.82) is 0 Å². The van der Waals surface area contributed by atoms with Crippen LogP contribution in [0.5, 0.6) is 0 Å². The van der Waals surface area contributed by atoms with Gasteiger partial charge >= 0.3 is 5.97 Å². The third-order valence-corrected chi connectivity index (χ3v) is 3.30. The van der Waals surface area contributed by atoms with Crippen LogP contribution < -0.4 is 5.32 Å². The van der Waals surface area contributed by atoms with Crippen LogP contribution >= 0.6 is 0 Å². The van der Waals surface area contributed by atoms with Gasteiger partial charge in [-0.1, -0.05) is 0 Å². The van der Waals surface area contributed by atoms with Gasteiger partial charge in [0.15, 0.2) is 0 Å². The molecule has 1 fully saturated rings. The van der Waals surface area contributed by atoms with Gasteiger partial charge in [-0.3, -0.25) is 9.59 Å². The molecule has 0 aromatic heterocycles. The minimum atomic E-state index is -0.732. The summed E-state index contributed by atoms with van der Waals surface area (Å²) in [4.78, 5) is 22.4. The number of carboxylic acids is 1. The van der Waals surface area contributed by atoms with Gasteiger partial charge in [-0.15, -0.1) is 0 Å². The number of carbonyl (C=O) groups is 2. The zero-order chi connectivity index (χ0) is 14.3. The molecule has 1 aliphatic rings. The SMILES string of the molecule is COCC(C)NC(=O)COC1CCC(C(=O)O)CC1. The minimum Gasteiger partial charge on any atom is -0.481 e. The lowest BCUT2D eigenvalue weighted by atomic mass is 9.87. The Labute approximate surface area is 113 Å². The third kappa shape index (κ3) is 6.02. The van der Waals surface area contributed by atoms with E-state index in [-0.39, 0.29) is 30.6 Å². The molecule has 2 N–H and O–H groups in total. The van der Waals surface area contributed by atoms with Crippen LogP contribution in [-0.2, 0) is 19.1 Å². The standard InChI is InChI=1S/C13H23NO5/c1-9(7-18-2)14-12(15)8-19-11-5-3-10(4-6-11)13(16)17/h9-11H,3-8H2,1-2H3,(H,14,15)(H,16,17). The fraction of sp³-hybridized carbons (Fsp3) is 0.846. The molecule has 110 valence electrons. The topological polar surface area (TPSA) is 84.9 Å². The van der Waals surface area contributed by atoms with E-state index < -0.39 is 5.97 Å². The molecule has 1 aliphatic carbocycles. The van der Waals surface area contributed by atoms with Gasteiger partial charge < -0.3 is 19.9 Å². The predicted molar refractivity (Wildman–Crippen MR) is 68.8 cm³/mol. The summed E-state index contributed by atoms with van der Waals surface area (Å²) in [6.45, 7) is 2.35. The lowest BCUT2D eigenvalue weighted by Crippen LogP contribution is -2.39. The predicted octanol–water partition coefficient (Wildman–Crippen LogP) is 0.797. The summed E-state index contributed by atoms with van der Waals surface area (Å²) in [5.41, 5.74) is 0. The number of hydrogen-bond donors (Lipinski definition) is 2. The molecule has 0 aromatic carbocycles. The summed E-state index contributed by atoms with van der Waals surface area (Å²) in [6.07, 6.45) is 2.66. The maximum atomic E-state index is 11.6. The Morgan fingerprint density at radius 3 is 2.47 bits per heavy atom. The van der Waals surface area contributed by atoms with E-state index in [1.165, 1.54) is 0 Å². The molecule has 0 aliphatic heterocycles. The molecule has 0 heterocycles. The van der Waals surface area contributed by atoms with Crippen LogP contribution in [0.1, 0.15) is 32.6 Å². The summed E-state index contributed by atoms with van der Waals surface area (Å²) in [5, 5.41) is 11.6. The molecule has 0 spiro atoms. The van der Waals surface area contributed by atoms with Gasteiger partial charge in [-0.25, -0.2) is 0 Å². The van der Waals surface area contributed by atoms with E-state index in [9.17, 15) is 9.59 Å². The molecule has 1 amide bonds. The molecule has 0 bridgehead atoms. The molecule has 19 heavy (non-hydrogen) atoms. The van der Waals surface area contributed by atoms with Gasteiger partial charge in [0, 0.05) is 13.2 Å². The highest BCUT2D eigenvalue weighted by Gasteiger charge is 2.26. The highest BCUT2D eigenvalue weighted by Crippen LogP contribution is 2.26. The largest absolute Gasteiger partial charge is 0.481 e. The molecule has 1 atom stereocenters. The quantitative estimate of drug-likeness (QED) is 0.716. The van der Waals surface area contributed by atoms with E-state index in [1.807, 2.05) is 6.92 Å². The molecule has 0 saturated heterocycles. The number of ether oxygens (including phenoxy) is 2. The normalized spacial score (nSPS) is 24.7. The van der Waals surface area contributed by atoms with Crippen molar-refractivity contribution in [2.24, 2.45) is 5.92 Å². The van der Waals surface area contributed by atoms with Crippen molar-refractivity contribution in [3.8, 4) is 0 Å². The van der Waals surface area contributed by atoms with Gasteiger partial charge in [0.05, 0.1) is 18.6 Å². The van der Waals surface area contributed by atoms with E-state index in [1.54, 1.807) is 7.11 Å². The number of amides is 1. The van der Waals surface area contributed by atoms with Gasteiger partial charge in [0.2, 0.25) is 5.91 Å². The van der Waals surface area contributed by atoms with E-state index >= 15 is 0 Å². The monoisotopic (exact) mass is 273 g/mol. The number of nitrogens with one attached hydrogen (secondary N) is 1. The van der Waals surface area contributed by atoms with Crippen molar-refractivity contribution in [2.45, 2.75) is 44.8 Å². The maximum absolute atomic E-state index is 11.6. The van der Waals surface area contributed by atoms with Crippen LogP contribution in [0.25, 0.3) is 0 Å². The van der Waals surface area contributed by atoms with Crippen LogP contribution in [0.4, 0.5) is 0 Å². The molecule has 0 radical (unpaired) electrons. The number of rotatable bonds is 7. The summed E-state index contributed by atoms with van der Waals surface area (Å²) in [5.74, 6) is -1.15. The first kappa shape index (κ1) is 15.9. The number of aliphatic carboxylic acids is 1. The summed E-state index contributed by atoms with van der Waals surface area (Å²) in [7, 11) is 1.58. The number of methoxy groups -OCH3 is 1. The smallest absolute Gasteiger partial charge is 0.306 e. The Kier molecular flexibility index (Phi) is 6.80. The summed E-state index contributed by atoms with van der Waals surface area (Å²) < 4.78 is 10.4. The first-order valence-electron chi connectivity index (χ1n) is 6.65. The second kappa shape index (κ2) is 8.12. The Balaban J connectivity index is 2.16. The molecular weight excluding hydrogens is 250 g/mol. The van der Waals surface area contributed by atoms with E-state index in [4.69, 9.17) is 14.6 Å². The first-order valence-corrected chi connectivity index (χ1v) is 6.65. The Morgan fingerprint density at radius 2 is 1.95 bits per heavy atom. The average Bonchev–Trinajstić information content (AvgIpc) is 2.37. The van der Waals surface area contributed by atoms with Crippen molar-refractivity contribution in [3.63, 3.8) is 0 Å². The minimum absolute atomic E-state index is 0.000851. The van der Waals surface area contributed by atoms with E-state index in [0.717, 1.165) is 0 Å². The van der Waals surface area contributed by atoms with Crippen molar-refractivity contribution < 1.29 is 24.2 Å². The summed E-state index contributed by atoms with van der Waals surface area (Å²) in [6, 6.07) is -0.0381.